The van der Waals surface area contributed by atoms with Crippen LogP contribution in [0.15, 0.2) is 66.0 Å². The van der Waals surface area contributed by atoms with Gasteiger partial charge in [0.15, 0.2) is 0 Å². The number of nitrogens with one attached hydrogen (secondary N) is 3. The number of likely N-dealkylation sites (tertiary alicyclic amines) is 1. The molecule has 0 radical (unpaired) electrons. The van der Waals surface area contributed by atoms with Crippen LogP contribution in [0, 0.1) is 0 Å². The van der Waals surface area contributed by atoms with Crippen LogP contribution in [0.4, 0.5) is 21.9 Å². The number of para-hydroxylation sites is 1. The highest BCUT2D eigenvalue weighted by Gasteiger charge is 2.17. The maximum Gasteiger partial charge on any atom is 0.321 e. The molecule has 0 atom stereocenters. The Labute approximate surface area is 196 Å². The van der Waals surface area contributed by atoms with E-state index >= 15 is 0 Å². The summed E-state index contributed by atoms with van der Waals surface area (Å²) in [5.41, 5.74) is 2.06. The Morgan fingerprint density at radius 2 is 1.36 bits per heavy atom. The van der Waals surface area contributed by atoms with Gasteiger partial charge in [-0.15, -0.1) is 11.3 Å². The van der Waals surface area contributed by atoms with Crippen molar-refractivity contribution in [3.05, 3.63) is 76.5 Å². The van der Waals surface area contributed by atoms with Gasteiger partial charge < -0.3 is 20.9 Å². The summed E-state index contributed by atoms with van der Waals surface area (Å²) in [6.45, 7) is 1.56. The quantitative estimate of drug-likeness (QED) is 0.457. The Balaban J connectivity index is 1.38. The lowest BCUT2D eigenvalue weighted by Gasteiger charge is -2.20. The lowest BCUT2D eigenvalue weighted by atomic mass is 10.1. The van der Waals surface area contributed by atoms with Gasteiger partial charge in [-0.1, -0.05) is 31.0 Å². The number of rotatable bonds is 5. The van der Waals surface area contributed by atoms with Gasteiger partial charge in [0, 0.05) is 24.5 Å². The Morgan fingerprint density at radius 1 is 0.697 bits per heavy atom. The van der Waals surface area contributed by atoms with Gasteiger partial charge >= 0.3 is 6.03 Å². The molecule has 2 heterocycles. The summed E-state index contributed by atoms with van der Waals surface area (Å²) in [6.07, 6.45) is 4.40. The number of carbonyl (C=O) groups excluding carboxylic acids is 3. The molecule has 0 aliphatic carbocycles. The minimum absolute atomic E-state index is 0.0934. The molecule has 170 valence electrons. The number of thiophene rings is 1. The zero-order valence-corrected chi connectivity index (χ0v) is 19.0. The summed E-state index contributed by atoms with van der Waals surface area (Å²) in [5, 5.41) is 10.4. The number of hydrogen-bond acceptors (Lipinski definition) is 4. The molecule has 1 fully saturated rings. The van der Waals surface area contributed by atoms with Crippen LogP contribution in [-0.2, 0) is 0 Å². The Hall–Kier alpha value is -3.65. The van der Waals surface area contributed by atoms with E-state index in [4.69, 9.17) is 0 Å². The molecular formula is C25H26N4O3S. The summed E-state index contributed by atoms with van der Waals surface area (Å²) in [6, 6.07) is 17.3. The van der Waals surface area contributed by atoms with Gasteiger partial charge in [-0.05, 0) is 60.7 Å². The van der Waals surface area contributed by atoms with Crippen molar-refractivity contribution in [1.29, 1.82) is 0 Å². The number of amides is 4. The van der Waals surface area contributed by atoms with E-state index in [-0.39, 0.29) is 17.8 Å². The van der Waals surface area contributed by atoms with Gasteiger partial charge in [-0.2, -0.15) is 0 Å². The predicted molar refractivity (Wildman–Crippen MR) is 132 cm³/mol. The molecule has 8 heteroatoms. The molecule has 0 spiro atoms. The van der Waals surface area contributed by atoms with Crippen LogP contribution in [-0.4, -0.2) is 35.8 Å². The summed E-state index contributed by atoms with van der Waals surface area (Å²) in [7, 11) is 0. The minimum Gasteiger partial charge on any atom is -0.325 e. The van der Waals surface area contributed by atoms with E-state index in [0.717, 1.165) is 25.9 Å². The Morgan fingerprint density at radius 3 is 2.03 bits per heavy atom. The fourth-order valence-electron chi connectivity index (χ4n) is 3.69. The monoisotopic (exact) mass is 462 g/mol. The van der Waals surface area contributed by atoms with Gasteiger partial charge in [0.2, 0.25) is 0 Å². The highest BCUT2D eigenvalue weighted by atomic mass is 32.1. The van der Waals surface area contributed by atoms with Crippen molar-refractivity contribution in [3.63, 3.8) is 0 Å². The molecule has 0 unspecified atom stereocenters. The second-order valence-corrected chi connectivity index (χ2v) is 8.79. The fraction of sp³-hybridized carbons (Fsp3) is 0.240. The van der Waals surface area contributed by atoms with Crippen molar-refractivity contribution in [2.75, 3.05) is 29.0 Å². The van der Waals surface area contributed by atoms with Crippen LogP contribution in [0.2, 0.25) is 0 Å². The lowest BCUT2D eigenvalue weighted by Crippen LogP contribution is -2.35. The molecule has 33 heavy (non-hydrogen) atoms. The predicted octanol–water partition coefficient (Wildman–Crippen LogP) is 5.66. The molecule has 1 saturated heterocycles. The summed E-state index contributed by atoms with van der Waals surface area (Å²) in [4.78, 5) is 40.2. The average Bonchev–Trinajstić information content (AvgIpc) is 3.23. The standard InChI is InChI=1S/C25H26N4O3S/c30-23(20-8-3-4-9-21(20)28-24(31)22-10-7-17-33-22)26-18-11-13-19(14-12-18)27-25(32)29-15-5-1-2-6-16-29/h3-4,7-14,17H,1-2,5-6,15-16H2,(H,26,30)(H,27,32)(H,28,31). The normalized spacial score (nSPS) is 13.6. The summed E-state index contributed by atoms with van der Waals surface area (Å²) in [5.74, 6) is -0.590. The number of anilines is 3. The number of urea groups is 1. The number of nitrogens with zero attached hydrogens (tertiary/aromatic N) is 1. The van der Waals surface area contributed by atoms with Crippen molar-refractivity contribution in [2.24, 2.45) is 0 Å². The number of benzene rings is 2. The molecular weight excluding hydrogens is 436 g/mol. The number of carbonyl (C=O) groups is 3. The smallest absolute Gasteiger partial charge is 0.321 e. The van der Waals surface area contributed by atoms with Gasteiger partial charge in [0.05, 0.1) is 16.1 Å². The van der Waals surface area contributed by atoms with E-state index in [1.165, 1.54) is 24.2 Å². The first-order chi connectivity index (χ1) is 16.1. The molecule has 2 aromatic carbocycles. The van der Waals surface area contributed by atoms with E-state index in [2.05, 4.69) is 16.0 Å². The van der Waals surface area contributed by atoms with E-state index < -0.39 is 0 Å². The topological polar surface area (TPSA) is 90.5 Å². The van der Waals surface area contributed by atoms with Crippen molar-refractivity contribution in [2.45, 2.75) is 25.7 Å². The maximum atomic E-state index is 12.9. The van der Waals surface area contributed by atoms with Gasteiger partial charge in [0.1, 0.15) is 0 Å². The lowest BCUT2D eigenvalue weighted by molar-refractivity contribution is 0.102. The maximum absolute atomic E-state index is 12.9. The Bertz CT molecular complexity index is 1100. The minimum atomic E-state index is -0.335. The molecule has 1 aromatic heterocycles. The largest absolute Gasteiger partial charge is 0.325 e. The summed E-state index contributed by atoms with van der Waals surface area (Å²) >= 11 is 1.34. The van der Waals surface area contributed by atoms with Crippen LogP contribution in [0.5, 0.6) is 0 Å². The van der Waals surface area contributed by atoms with Crippen molar-refractivity contribution >= 4 is 46.2 Å². The molecule has 3 N–H and O–H groups in total. The van der Waals surface area contributed by atoms with Crippen LogP contribution < -0.4 is 16.0 Å². The molecule has 1 aliphatic rings. The van der Waals surface area contributed by atoms with Gasteiger partial charge in [-0.25, -0.2) is 4.79 Å². The third-order valence-corrected chi connectivity index (χ3v) is 6.32. The van der Waals surface area contributed by atoms with Gasteiger partial charge in [-0.3, -0.25) is 9.59 Å². The Kier molecular flexibility index (Phi) is 7.36. The first kappa shape index (κ1) is 22.5. The first-order valence-corrected chi connectivity index (χ1v) is 11.9. The third kappa shape index (κ3) is 5.98. The van der Waals surface area contributed by atoms with E-state index in [1.807, 2.05) is 10.3 Å². The highest BCUT2D eigenvalue weighted by molar-refractivity contribution is 7.12. The van der Waals surface area contributed by atoms with Crippen molar-refractivity contribution < 1.29 is 14.4 Å². The SMILES string of the molecule is O=C(Nc1ccccc1C(=O)Nc1ccc(NC(=O)N2CCCCCC2)cc1)c1cccs1. The van der Waals surface area contributed by atoms with Crippen LogP contribution in [0.3, 0.4) is 0 Å². The molecule has 0 saturated carbocycles. The molecule has 1 aliphatic heterocycles. The second-order valence-electron chi connectivity index (χ2n) is 7.84. The molecule has 7 nitrogen and oxygen atoms in total. The van der Waals surface area contributed by atoms with Crippen LogP contribution >= 0.6 is 11.3 Å². The zero-order valence-electron chi connectivity index (χ0n) is 18.2. The fourth-order valence-corrected chi connectivity index (χ4v) is 4.31. The first-order valence-electron chi connectivity index (χ1n) is 11.0. The highest BCUT2D eigenvalue weighted by Crippen LogP contribution is 2.21. The molecule has 3 aromatic rings. The third-order valence-electron chi connectivity index (χ3n) is 5.45. The molecule has 4 rings (SSSR count). The number of hydrogen-bond donors (Lipinski definition) is 3. The molecule has 4 amide bonds. The zero-order chi connectivity index (χ0) is 23.0. The van der Waals surface area contributed by atoms with E-state index in [1.54, 1.807) is 60.7 Å². The van der Waals surface area contributed by atoms with Crippen LogP contribution in [0.25, 0.3) is 0 Å². The van der Waals surface area contributed by atoms with Crippen molar-refractivity contribution in [1.82, 2.24) is 4.90 Å². The average molecular weight is 463 g/mol. The van der Waals surface area contributed by atoms with E-state index in [0.29, 0.717) is 27.5 Å². The van der Waals surface area contributed by atoms with Crippen LogP contribution in [0.1, 0.15) is 45.7 Å². The molecule has 0 bridgehead atoms. The van der Waals surface area contributed by atoms with Crippen molar-refractivity contribution in [3.8, 4) is 0 Å². The van der Waals surface area contributed by atoms with E-state index in [9.17, 15) is 14.4 Å². The van der Waals surface area contributed by atoms with Gasteiger partial charge in [0.25, 0.3) is 11.8 Å². The second kappa shape index (κ2) is 10.8. The summed E-state index contributed by atoms with van der Waals surface area (Å²) < 4.78 is 0.